The fourth-order valence-electron chi connectivity index (χ4n) is 2.29. The molecule has 2 amide bonds. The van der Waals surface area contributed by atoms with Crippen LogP contribution in [0.15, 0.2) is 29.4 Å². The lowest BCUT2D eigenvalue weighted by Gasteiger charge is -2.12. The normalized spacial score (nSPS) is 12.0. The summed E-state index contributed by atoms with van der Waals surface area (Å²) >= 11 is 1.30. The quantitative estimate of drug-likeness (QED) is 0.645. The Hall–Kier alpha value is -2.42. The predicted molar refractivity (Wildman–Crippen MR) is 96.8 cm³/mol. The molecule has 0 aliphatic heterocycles. The minimum absolute atomic E-state index is 0.149. The van der Waals surface area contributed by atoms with Crippen LogP contribution in [0.1, 0.15) is 31.7 Å². The number of aromatic nitrogens is 3. The summed E-state index contributed by atoms with van der Waals surface area (Å²) in [5.74, 6) is -0.176. The third-order valence-electron chi connectivity index (χ3n) is 3.74. The number of aryl methyl sites for hydroxylation is 1. The van der Waals surface area contributed by atoms with Crippen LogP contribution in [0.3, 0.4) is 0 Å². The lowest BCUT2D eigenvalue weighted by Crippen LogP contribution is -2.30. The number of carbonyl (C=O) groups excluding carboxylic acids is 2. The second kappa shape index (κ2) is 9.33. The van der Waals surface area contributed by atoms with E-state index in [0.717, 1.165) is 5.56 Å². The Labute approximate surface area is 155 Å². The molecule has 0 spiro atoms. The molecule has 1 aromatic carbocycles. The number of hydrogen-bond donors (Lipinski definition) is 2. The van der Waals surface area contributed by atoms with Crippen molar-refractivity contribution in [2.75, 3.05) is 0 Å². The number of hydrogen-bond acceptors (Lipinski definition) is 5. The summed E-state index contributed by atoms with van der Waals surface area (Å²) in [6.45, 7) is 4.69. The average Bonchev–Trinajstić information content (AvgIpc) is 3.00. The molecule has 140 valence electrons. The van der Waals surface area contributed by atoms with E-state index in [2.05, 4.69) is 15.5 Å². The highest BCUT2D eigenvalue weighted by molar-refractivity contribution is 8.00. The summed E-state index contributed by atoms with van der Waals surface area (Å²) < 4.78 is 14.8. The van der Waals surface area contributed by atoms with E-state index in [9.17, 15) is 14.0 Å². The Balaban J connectivity index is 1.93. The summed E-state index contributed by atoms with van der Waals surface area (Å²) in [7, 11) is 0. The number of carbonyl (C=O) groups is 2. The van der Waals surface area contributed by atoms with Crippen LogP contribution in [0.25, 0.3) is 0 Å². The molecule has 1 atom stereocenters. The molecule has 0 saturated carbocycles. The van der Waals surface area contributed by atoms with Gasteiger partial charge in [-0.05, 0) is 31.5 Å². The maximum atomic E-state index is 12.9. The van der Waals surface area contributed by atoms with Gasteiger partial charge in [0, 0.05) is 25.9 Å². The Bertz CT molecular complexity index is 763. The number of halogens is 1. The third-order valence-corrected chi connectivity index (χ3v) is 4.82. The summed E-state index contributed by atoms with van der Waals surface area (Å²) in [5, 5.41) is 11.3. The number of nitrogens with zero attached hydrogens (tertiary/aromatic N) is 3. The number of rotatable bonds is 9. The molecule has 2 aromatic rings. The van der Waals surface area contributed by atoms with Gasteiger partial charge in [-0.2, -0.15) is 0 Å². The van der Waals surface area contributed by atoms with Gasteiger partial charge in [-0.3, -0.25) is 9.59 Å². The average molecular weight is 379 g/mol. The first-order valence-corrected chi connectivity index (χ1v) is 9.17. The second-order valence-electron chi connectivity index (χ2n) is 5.71. The fourth-order valence-corrected chi connectivity index (χ4v) is 3.25. The zero-order valence-electron chi connectivity index (χ0n) is 14.7. The molecule has 9 heteroatoms. The monoisotopic (exact) mass is 379 g/mol. The van der Waals surface area contributed by atoms with Crippen molar-refractivity contribution in [3.05, 3.63) is 41.5 Å². The number of benzene rings is 1. The highest BCUT2D eigenvalue weighted by atomic mass is 32.2. The van der Waals surface area contributed by atoms with E-state index in [-0.39, 0.29) is 23.4 Å². The van der Waals surface area contributed by atoms with Crippen molar-refractivity contribution in [2.24, 2.45) is 5.73 Å². The molecule has 0 saturated heterocycles. The van der Waals surface area contributed by atoms with Gasteiger partial charge >= 0.3 is 0 Å². The predicted octanol–water partition coefficient (Wildman–Crippen LogP) is 1.65. The Morgan fingerprint density at radius 3 is 2.62 bits per heavy atom. The van der Waals surface area contributed by atoms with Crippen LogP contribution >= 0.6 is 11.8 Å². The molecule has 0 unspecified atom stereocenters. The van der Waals surface area contributed by atoms with Crippen LogP contribution < -0.4 is 11.1 Å². The first-order valence-electron chi connectivity index (χ1n) is 8.30. The minimum atomic E-state index is -0.390. The van der Waals surface area contributed by atoms with E-state index < -0.39 is 5.91 Å². The lowest BCUT2D eigenvalue weighted by molar-refractivity contribution is -0.120. The lowest BCUT2D eigenvalue weighted by atomic mass is 10.2. The molecule has 0 bridgehead atoms. The second-order valence-corrected chi connectivity index (χ2v) is 7.02. The number of nitrogens with one attached hydrogen (secondary N) is 1. The molecule has 0 aliphatic rings. The van der Waals surface area contributed by atoms with Crippen molar-refractivity contribution in [3.8, 4) is 0 Å². The molecule has 3 N–H and O–H groups in total. The van der Waals surface area contributed by atoms with E-state index in [4.69, 9.17) is 5.73 Å². The van der Waals surface area contributed by atoms with E-state index in [0.29, 0.717) is 30.5 Å². The third kappa shape index (κ3) is 5.55. The highest BCUT2D eigenvalue weighted by Gasteiger charge is 2.19. The van der Waals surface area contributed by atoms with Gasteiger partial charge in [0.15, 0.2) is 5.16 Å². The van der Waals surface area contributed by atoms with Crippen molar-refractivity contribution in [1.82, 2.24) is 20.1 Å². The SMILES string of the molecule is CCn1c(CCC(N)=O)nnc1S[C@H](C)C(=O)NCc1ccc(F)cc1. The van der Waals surface area contributed by atoms with Crippen LogP contribution in [-0.4, -0.2) is 31.8 Å². The van der Waals surface area contributed by atoms with Gasteiger partial charge in [0.05, 0.1) is 5.25 Å². The van der Waals surface area contributed by atoms with Gasteiger partial charge in [0.2, 0.25) is 11.8 Å². The first kappa shape index (κ1) is 19.9. The number of thioether (sulfide) groups is 1. The van der Waals surface area contributed by atoms with Crippen LogP contribution in [-0.2, 0) is 29.1 Å². The molecule has 0 aliphatic carbocycles. The van der Waals surface area contributed by atoms with Crippen LogP contribution in [0.5, 0.6) is 0 Å². The Morgan fingerprint density at radius 1 is 1.31 bits per heavy atom. The number of amides is 2. The van der Waals surface area contributed by atoms with Gasteiger partial charge in [-0.1, -0.05) is 23.9 Å². The van der Waals surface area contributed by atoms with Crippen LogP contribution in [0.4, 0.5) is 4.39 Å². The first-order chi connectivity index (χ1) is 12.4. The Kier molecular flexibility index (Phi) is 7.14. The summed E-state index contributed by atoms with van der Waals surface area (Å²) in [5.41, 5.74) is 6.00. The van der Waals surface area contributed by atoms with Gasteiger partial charge in [-0.15, -0.1) is 10.2 Å². The maximum absolute atomic E-state index is 12.9. The van der Waals surface area contributed by atoms with E-state index in [1.54, 1.807) is 19.1 Å². The van der Waals surface area contributed by atoms with Crippen molar-refractivity contribution in [2.45, 2.75) is 50.2 Å². The van der Waals surface area contributed by atoms with Crippen molar-refractivity contribution >= 4 is 23.6 Å². The molecule has 7 nitrogen and oxygen atoms in total. The summed E-state index contributed by atoms with van der Waals surface area (Å²) in [6.07, 6.45) is 0.623. The van der Waals surface area contributed by atoms with Gasteiger partial charge < -0.3 is 15.6 Å². The number of primary amides is 1. The van der Waals surface area contributed by atoms with E-state index in [1.165, 1.54) is 23.9 Å². The zero-order valence-corrected chi connectivity index (χ0v) is 15.6. The summed E-state index contributed by atoms with van der Waals surface area (Å²) in [6, 6.07) is 5.98. The standard InChI is InChI=1S/C17H22FN5O2S/c1-3-23-15(9-8-14(19)24)21-22-17(23)26-11(2)16(25)20-10-12-4-6-13(18)7-5-12/h4-7,11H,3,8-10H2,1-2H3,(H2,19,24)(H,20,25)/t11-/m1/s1. The van der Waals surface area contributed by atoms with Crippen LogP contribution in [0.2, 0.25) is 0 Å². The van der Waals surface area contributed by atoms with Gasteiger partial charge in [-0.25, -0.2) is 4.39 Å². The molecular formula is C17H22FN5O2S. The summed E-state index contributed by atoms with van der Waals surface area (Å²) in [4.78, 5) is 23.2. The van der Waals surface area contributed by atoms with E-state index >= 15 is 0 Å². The minimum Gasteiger partial charge on any atom is -0.370 e. The topological polar surface area (TPSA) is 103 Å². The zero-order chi connectivity index (χ0) is 19.1. The Morgan fingerprint density at radius 2 is 2.00 bits per heavy atom. The number of nitrogens with two attached hydrogens (primary N) is 1. The van der Waals surface area contributed by atoms with Gasteiger partial charge in [0.1, 0.15) is 11.6 Å². The van der Waals surface area contributed by atoms with Crippen LogP contribution in [0, 0.1) is 5.82 Å². The highest BCUT2D eigenvalue weighted by Crippen LogP contribution is 2.23. The fraction of sp³-hybridized carbons (Fsp3) is 0.412. The molecule has 26 heavy (non-hydrogen) atoms. The van der Waals surface area contributed by atoms with Crippen molar-refractivity contribution in [3.63, 3.8) is 0 Å². The molecular weight excluding hydrogens is 357 g/mol. The molecule has 1 aromatic heterocycles. The van der Waals surface area contributed by atoms with E-state index in [1.807, 2.05) is 11.5 Å². The van der Waals surface area contributed by atoms with Crippen molar-refractivity contribution < 1.29 is 14.0 Å². The molecule has 0 radical (unpaired) electrons. The molecule has 2 rings (SSSR count). The smallest absolute Gasteiger partial charge is 0.233 e. The maximum Gasteiger partial charge on any atom is 0.233 e. The van der Waals surface area contributed by atoms with Crippen molar-refractivity contribution in [1.29, 1.82) is 0 Å². The van der Waals surface area contributed by atoms with Gasteiger partial charge in [0.25, 0.3) is 0 Å². The largest absolute Gasteiger partial charge is 0.370 e. The molecule has 1 heterocycles. The molecule has 0 fully saturated rings.